The molecule has 0 saturated heterocycles. The summed E-state index contributed by atoms with van der Waals surface area (Å²) in [5.74, 6) is -0.414. The Balaban J connectivity index is 1.67. The van der Waals surface area contributed by atoms with E-state index in [-0.39, 0.29) is 17.8 Å². The van der Waals surface area contributed by atoms with Gasteiger partial charge < -0.3 is 21.1 Å². The third-order valence-corrected chi connectivity index (χ3v) is 4.19. The number of aromatic nitrogens is 2. The highest BCUT2D eigenvalue weighted by atomic mass is 16.4. The largest absolute Gasteiger partial charge is 0.478 e. The number of ketones is 1. The van der Waals surface area contributed by atoms with Crippen molar-refractivity contribution in [3.63, 3.8) is 0 Å². The van der Waals surface area contributed by atoms with Crippen molar-refractivity contribution in [2.24, 2.45) is 0 Å². The van der Waals surface area contributed by atoms with Crippen LogP contribution in [-0.2, 0) is 4.79 Å². The lowest BCUT2D eigenvalue weighted by Gasteiger charge is -2.19. The summed E-state index contributed by atoms with van der Waals surface area (Å²) in [6.07, 6.45) is 5.13. The van der Waals surface area contributed by atoms with Gasteiger partial charge in [0.1, 0.15) is 12.1 Å². The van der Waals surface area contributed by atoms with Gasteiger partial charge in [0, 0.05) is 29.7 Å². The van der Waals surface area contributed by atoms with E-state index in [0.717, 1.165) is 5.69 Å². The molecular formula is C18H15N5O3. The van der Waals surface area contributed by atoms with E-state index in [1.54, 1.807) is 24.4 Å². The third-order valence-electron chi connectivity index (χ3n) is 4.19. The number of allylic oxidation sites excluding steroid dienone is 2. The van der Waals surface area contributed by atoms with Gasteiger partial charge in [-0.3, -0.25) is 4.79 Å². The zero-order valence-electron chi connectivity index (χ0n) is 13.6. The fourth-order valence-electron chi connectivity index (χ4n) is 2.92. The average molecular weight is 349 g/mol. The van der Waals surface area contributed by atoms with Gasteiger partial charge in [-0.2, -0.15) is 0 Å². The van der Waals surface area contributed by atoms with Crippen molar-refractivity contribution in [3.05, 3.63) is 65.4 Å². The summed E-state index contributed by atoms with van der Waals surface area (Å²) in [5, 5.41) is 18.7. The summed E-state index contributed by atoms with van der Waals surface area (Å²) < 4.78 is 0. The van der Waals surface area contributed by atoms with Crippen LogP contribution in [0, 0.1) is 0 Å². The fraction of sp³-hybridized carbons (Fsp3) is 0.111. The molecule has 2 aromatic rings. The Morgan fingerprint density at radius 3 is 2.88 bits per heavy atom. The first kappa shape index (κ1) is 15.8. The minimum absolute atomic E-state index is 0.00896. The predicted molar refractivity (Wildman–Crippen MR) is 95.9 cm³/mol. The number of nitrogens with one attached hydrogen (secondary N) is 3. The van der Waals surface area contributed by atoms with Crippen LogP contribution < -0.4 is 16.0 Å². The Morgan fingerprint density at radius 1 is 1.23 bits per heavy atom. The van der Waals surface area contributed by atoms with Gasteiger partial charge in [-0.1, -0.05) is 0 Å². The smallest absolute Gasteiger partial charge is 0.335 e. The molecule has 4 rings (SSSR count). The number of hydrogen-bond acceptors (Lipinski definition) is 7. The molecule has 8 nitrogen and oxygen atoms in total. The summed E-state index contributed by atoms with van der Waals surface area (Å²) in [5.41, 5.74) is 3.52. The zero-order chi connectivity index (χ0) is 18.1. The number of benzene rings is 1. The normalized spacial score (nSPS) is 15.7. The molecular weight excluding hydrogens is 334 g/mol. The molecule has 0 bridgehead atoms. The molecule has 130 valence electrons. The topological polar surface area (TPSA) is 116 Å². The Hall–Kier alpha value is -3.68. The number of anilines is 3. The van der Waals surface area contributed by atoms with Crippen molar-refractivity contribution >= 4 is 28.9 Å². The van der Waals surface area contributed by atoms with E-state index < -0.39 is 5.97 Å². The second kappa shape index (κ2) is 6.32. The SMILES string of the molecule is O=C1CC(Nc2ccncn2)=CC2=C1CNc1ccc(C(=O)O)cc1N2. The minimum atomic E-state index is -1.01. The molecule has 1 aromatic heterocycles. The van der Waals surface area contributed by atoms with Gasteiger partial charge in [0.15, 0.2) is 5.78 Å². The summed E-state index contributed by atoms with van der Waals surface area (Å²) >= 11 is 0. The molecule has 1 aliphatic carbocycles. The second-order valence-corrected chi connectivity index (χ2v) is 5.93. The minimum Gasteiger partial charge on any atom is -0.478 e. The summed E-state index contributed by atoms with van der Waals surface area (Å²) in [7, 11) is 0. The Labute approximate surface area is 148 Å². The Kier molecular flexibility index (Phi) is 3.85. The van der Waals surface area contributed by atoms with Crippen LogP contribution in [0.2, 0.25) is 0 Å². The van der Waals surface area contributed by atoms with Gasteiger partial charge in [-0.05, 0) is 30.3 Å². The monoisotopic (exact) mass is 349 g/mol. The maximum absolute atomic E-state index is 12.6. The molecule has 26 heavy (non-hydrogen) atoms. The first-order chi connectivity index (χ1) is 12.6. The lowest BCUT2D eigenvalue weighted by Crippen LogP contribution is -2.21. The number of aromatic carboxylic acids is 1. The molecule has 1 aliphatic heterocycles. The van der Waals surface area contributed by atoms with Crippen LogP contribution in [0.15, 0.2) is 59.8 Å². The van der Waals surface area contributed by atoms with E-state index in [4.69, 9.17) is 0 Å². The first-order valence-electron chi connectivity index (χ1n) is 7.98. The molecule has 4 N–H and O–H groups in total. The third kappa shape index (κ3) is 3.00. The van der Waals surface area contributed by atoms with Crippen molar-refractivity contribution in [2.75, 3.05) is 22.5 Å². The van der Waals surface area contributed by atoms with Gasteiger partial charge in [0.05, 0.1) is 23.4 Å². The van der Waals surface area contributed by atoms with E-state index in [9.17, 15) is 14.7 Å². The van der Waals surface area contributed by atoms with E-state index in [2.05, 4.69) is 25.9 Å². The van der Waals surface area contributed by atoms with Crippen molar-refractivity contribution in [3.8, 4) is 0 Å². The molecule has 0 atom stereocenters. The number of carbonyl (C=O) groups excluding carboxylic acids is 1. The molecule has 1 aromatic carbocycles. The van der Waals surface area contributed by atoms with Crippen LogP contribution in [0.3, 0.4) is 0 Å². The number of rotatable bonds is 3. The van der Waals surface area contributed by atoms with Crippen molar-refractivity contribution < 1.29 is 14.7 Å². The number of fused-ring (bicyclic) bond motifs is 1. The van der Waals surface area contributed by atoms with Crippen LogP contribution in [0.1, 0.15) is 16.8 Å². The van der Waals surface area contributed by atoms with E-state index in [1.165, 1.54) is 12.4 Å². The zero-order valence-corrected chi connectivity index (χ0v) is 13.6. The molecule has 8 heteroatoms. The fourth-order valence-corrected chi connectivity index (χ4v) is 2.92. The average Bonchev–Trinajstić information content (AvgIpc) is 2.81. The van der Waals surface area contributed by atoms with Gasteiger partial charge in [-0.25, -0.2) is 14.8 Å². The van der Waals surface area contributed by atoms with Gasteiger partial charge in [0.25, 0.3) is 0 Å². The molecule has 0 unspecified atom stereocenters. The number of carboxylic acids is 1. The number of nitrogens with zero attached hydrogens (tertiary/aromatic N) is 2. The van der Waals surface area contributed by atoms with E-state index in [1.807, 2.05) is 6.08 Å². The molecule has 0 fully saturated rings. The maximum Gasteiger partial charge on any atom is 0.335 e. The van der Waals surface area contributed by atoms with Crippen molar-refractivity contribution in [2.45, 2.75) is 6.42 Å². The summed E-state index contributed by atoms with van der Waals surface area (Å²) in [6, 6.07) is 6.48. The molecule has 0 saturated carbocycles. The summed E-state index contributed by atoms with van der Waals surface area (Å²) in [6.45, 7) is 0.373. The molecule has 0 radical (unpaired) electrons. The standard InChI is InChI=1S/C18H15N5O3/c24-16-7-11(22-17-3-4-19-9-21-17)6-14-12(16)8-20-13-2-1-10(18(25)26)5-15(13)23-14/h1-6,9,20,23H,7-8H2,(H,25,26)(H,19,21,22). The molecule has 0 spiro atoms. The summed E-state index contributed by atoms with van der Waals surface area (Å²) in [4.78, 5) is 31.7. The first-order valence-corrected chi connectivity index (χ1v) is 7.98. The van der Waals surface area contributed by atoms with Crippen molar-refractivity contribution in [1.82, 2.24) is 9.97 Å². The Bertz CT molecular complexity index is 966. The van der Waals surface area contributed by atoms with Gasteiger partial charge >= 0.3 is 5.97 Å². The highest BCUT2D eigenvalue weighted by Gasteiger charge is 2.25. The van der Waals surface area contributed by atoms with E-state index >= 15 is 0 Å². The van der Waals surface area contributed by atoms with Crippen LogP contribution in [0.5, 0.6) is 0 Å². The van der Waals surface area contributed by atoms with Crippen LogP contribution in [-0.4, -0.2) is 33.4 Å². The lowest BCUT2D eigenvalue weighted by molar-refractivity contribution is -0.115. The highest BCUT2D eigenvalue weighted by Crippen LogP contribution is 2.32. The predicted octanol–water partition coefficient (Wildman–Crippen LogP) is 2.24. The van der Waals surface area contributed by atoms with Gasteiger partial charge in [0.2, 0.25) is 0 Å². The second-order valence-electron chi connectivity index (χ2n) is 5.93. The molecule has 0 amide bonds. The number of Topliss-reactive ketones (excluding diaryl/α,β-unsaturated/α-hetero) is 1. The number of carbonyl (C=O) groups is 2. The number of carboxylic acid groups (broad SMARTS) is 1. The van der Waals surface area contributed by atoms with Crippen LogP contribution >= 0.6 is 0 Å². The molecule has 2 aliphatic rings. The highest BCUT2D eigenvalue weighted by molar-refractivity contribution is 6.02. The van der Waals surface area contributed by atoms with Gasteiger partial charge in [-0.15, -0.1) is 0 Å². The maximum atomic E-state index is 12.6. The van der Waals surface area contributed by atoms with Crippen LogP contribution in [0.25, 0.3) is 0 Å². The number of hydrogen-bond donors (Lipinski definition) is 4. The Morgan fingerprint density at radius 2 is 2.12 bits per heavy atom. The lowest BCUT2D eigenvalue weighted by atomic mass is 9.98. The quantitative estimate of drug-likeness (QED) is 0.667. The van der Waals surface area contributed by atoms with E-state index in [0.29, 0.717) is 35.0 Å². The molecule has 2 heterocycles. The van der Waals surface area contributed by atoms with Crippen molar-refractivity contribution in [1.29, 1.82) is 0 Å². The van der Waals surface area contributed by atoms with Crippen LogP contribution in [0.4, 0.5) is 17.2 Å².